The standard InChI is InChI=1S/C36H52FN3O6S/c1-5-40(23(2)3)47(44,45)38-35(42)33-21-29-19-25(11-16-32(29)46-33)20-31(41)34-30(27-9-7-6-8-10-27)17-18-39(34)36(43)28-14-12-26(13-15-28)24(4)22-37/h11,16,19,21,23-24,26-28,30,34H,5-10,12-15,17-18,20,22H2,1-4H3,(H,38,42)/t24-,26?,28?,30+,34+/m1/s1. The van der Waals surface area contributed by atoms with Gasteiger partial charge in [0.05, 0.1) is 12.7 Å². The van der Waals surface area contributed by atoms with Crippen molar-refractivity contribution in [2.24, 2.45) is 29.6 Å². The first-order valence-corrected chi connectivity index (χ1v) is 19.1. The topological polar surface area (TPSA) is 117 Å². The molecule has 0 radical (unpaired) electrons. The number of nitrogens with one attached hydrogen (secondary N) is 1. The Balaban J connectivity index is 1.32. The number of carbonyl (C=O) groups excluding carboxylic acids is 3. The Hall–Kier alpha value is -2.79. The Morgan fingerprint density at radius 3 is 2.34 bits per heavy atom. The van der Waals surface area contributed by atoms with Crippen LogP contribution < -0.4 is 4.72 Å². The Labute approximate surface area is 279 Å². The summed E-state index contributed by atoms with van der Waals surface area (Å²) in [6.07, 6.45) is 9.93. The van der Waals surface area contributed by atoms with Crippen molar-refractivity contribution < 1.29 is 31.6 Å². The van der Waals surface area contributed by atoms with Crippen molar-refractivity contribution in [2.75, 3.05) is 19.8 Å². The van der Waals surface area contributed by atoms with Gasteiger partial charge in [0.1, 0.15) is 5.58 Å². The van der Waals surface area contributed by atoms with Gasteiger partial charge in [0.15, 0.2) is 11.5 Å². The number of furan rings is 1. The molecular weight excluding hydrogens is 621 g/mol. The molecule has 3 atom stereocenters. The minimum absolute atomic E-state index is 0.0187. The third-order valence-corrected chi connectivity index (χ3v) is 12.8. The highest BCUT2D eigenvalue weighted by Gasteiger charge is 2.46. The summed E-state index contributed by atoms with van der Waals surface area (Å²) in [6, 6.07) is 6.01. The molecule has 2 saturated carbocycles. The smallest absolute Gasteiger partial charge is 0.304 e. The number of carbonyl (C=O) groups is 3. The number of amides is 2. The highest BCUT2D eigenvalue weighted by Crippen LogP contribution is 2.42. The molecule has 2 amide bonds. The predicted octanol–water partition coefficient (Wildman–Crippen LogP) is 6.46. The number of alkyl halides is 1. The van der Waals surface area contributed by atoms with Crippen LogP contribution in [0.25, 0.3) is 11.0 Å². The number of ketones is 1. The van der Waals surface area contributed by atoms with E-state index >= 15 is 0 Å². The molecule has 2 aliphatic carbocycles. The van der Waals surface area contributed by atoms with Crippen LogP contribution in [0.5, 0.6) is 0 Å². The lowest BCUT2D eigenvalue weighted by Gasteiger charge is -2.37. The molecule has 1 aromatic carbocycles. The zero-order valence-corrected chi connectivity index (χ0v) is 29.2. The van der Waals surface area contributed by atoms with Gasteiger partial charge < -0.3 is 9.32 Å². The monoisotopic (exact) mass is 673 g/mol. The molecule has 0 spiro atoms. The van der Waals surface area contributed by atoms with E-state index in [2.05, 4.69) is 4.72 Å². The molecule has 0 unspecified atom stereocenters. The first-order chi connectivity index (χ1) is 22.4. The largest absolute Gasteiger partial charge is 0.451 e. The van der Waals surface area contributed by atoms with E-state index in [0.29, 0.717) is 29.3 Å². The average Bonchev–Trinajstić information content (AvgIpc) is 3.69. The zero-order chi connectivity index (χ0) is 33.9. The Bertz CT molecular complexity index is 1530. The summed E-state index contributed by atoms with van der Waals surface area (Å²) in [4.78, 5) is 43.0. The number of likely N-dealkylation sites (tertiary alicyclic amines) is 1. The van der Waals surface area contributed by atoms with Crippen molar-refractivity contribution >= 4 is 38.8 Å². The number of rotatable bonds is 12. The van der Waals surface area contributed by atoms with E-state index in [1.807, 2.05) is 11.8 Å². The summed E-state index contributed by atoms with van der Waals surface area (Å²) >= 11 is 0. The van der Waals surface area contributed by atoms with E-state index in [1.165, 1.54) is 16.8 Å². The van der Waals surface area contributed by atoms with Gasteiger partial charge in [-0.1, -0.05) is 52.0 Å². The molecule has 260 valence electrons. The minimum atomic E-state index is -4.05. The Morgan fingerprint density at radius 2 is 1.70 bits per heavy atom. The van der Waals surface area contributed by atoms with E-state index < -0.39 is 22.2 Å². The van der Waals surface area contributed by atoms with Crippen LogP contribution in [0.4, 0.5) is 4.39 Å². The summed E-state index contributed by atoms with van der Waals surface area (Å²) in [5.41, 5.74) is 1.16. The molecule has 1 aliphatic heterocycles. The van der Waals surface area contributed by atoms with Crippen molar-refractivity contribution in [2.45, 2.75) is 110 Å². The van der Waals surface area contributed by atoms with Crippen LogP contribution in [0.1, 0.15) is 108 Å². The molecule has 2 aromatic rings. The van der Waals surface area contributed by atoms with Gasteiger partial charge in [0, 0.05) is 36.9 Å². The van der Waals surface area contributed by atoms with E-state index in [4.69, 9.17) is 4.42 Å². The normalized spacial score (nSPS) is 25.0. The molecule has 0 bridgehead atoms. The molecule has 1 saturated heterocycles. The summed E-state index contributed by atoms with van der Waals surface area (Å²) in [5, 5.41) is 0.594. The molecule has 47 heavy (non-hydrogen) atoms. The minimum Gasteiger partial charge on any atom is -0.451 e. The summed E-state index contributed by atoms with van der Waals surface area (Å²) in [6.45, 7) is 7.61. The van der Waals surface area contributed by atoms with Gasteiger partial charge in [-0.2, -0.15) is 12.7 Å². The fourth-order valence-electron chi connectivity index (χ4n) is 8.49. The third-order valence-electron chi connectivity index (χ3n) is 11.1. The van der Waals surface area contributed by atoms with Crippen LogP contribution >= 0.6 is 0 Å². The average molecular weight is 674 g/mol. The SMILES string of the molecule is CCN(C(C)C)S(=O)(=O)NC(=O)c1cc2cc(CC(=O)[C@@H]3[C@H](C4CCCCC4)CCN3C(=O)C3CCC([C@H](C)CF)CC3)ccc2o1. The number of hydrogen-bond donors (Lipinski definition) is 1. The van der Waals surface area contributed by atoms with Gasteiger partial charge in [-0.05, 0) is 93.4 Å². The van der Waals surface area contributed by atoms with Gasteiger partial charge in [0.2, 0.25) is 5.91 Å². The molecule has 3 aliphatic rings. The number of halogens is 1. The van der Waals surface area contributed by atoms with E-state index in [9.17, 15) is 27.2 Å². The maximum atomic E-state index is 14.2. The molecular formula is C36H52FN3O6S. The van der Waals surface area contributed by atoms with Gasteiger partial charge >= 0.3 is 16.1 Å². The molecule has 1 aromatic heterocycles. The van der Waals surface area contributed by atoms with E-state index in [1.54, 1.807) is 39.0 Å². The second kappa shape index (κ2) is 15.2. The lowest BCUT2D eigenvalue weighted by molar-refractivity contribution is -0.143. The van der Waals surface area contributed by atoms with Gasteiger partial charge in [-0.25, -0.2) is 4.72 Å². The number of nitrogens with zero attached hydrogens (tertiary/aromatic N) is 2. The Kier molecular flexibility index (Phi) is 11.5. The van der Waals surface area contributed by atoms with Crippen LogP contribution in [-0.4, -0.2) is 67.1 Å². The van der Waals surface area contributed by atoms with Crippen LogP contribution in [0.2, 0.25) is 0 Å². The molecule has 11 heteroatoms. The number of benzene rings is 1. The first-order valence-electron chi connectivity index (χ1n) is 17.7. The number of Topliss-reactive ketones (excluding diaryl/α,β-unsaturated/α-hetero) is 1. The van der Waals surface area contributed by atoms with Gasteiger partial charge in [-0.3, -0.25) is 18.8 Å². The fourth-order valence-corrected chi connectivity index (χ4v) is 9.83. The lowest BCUT2D eigenvalue weighted by Crippen LogP contribution is -2.48. The van der Waals surface area contributed by atoms with Gasteiger partial charge in [-0.15, -0.1) is 0 Å². The zero-order valence-electron chi connectivity index (χ0n) is 28.4. The van der Waals surface area contributed by atoms with Crippen LogP contribution in [-0.2, 0) is 26.2 Å². The summed E-state index contributed by atoms with van der Waals surface area (Å²) in [5.74, 6) is -0.0645. The lowest BCUT2D eigenvalue weighted by atomic mass is 9.74. The molecule has 1 N–H and O–H groups in total. The molecule has 2 heterocycles. The number of hydrogen-bond acceptors (Lipinski definition) is 6. The van der Waals surface area contributed by atoms with Crippen molar-refractivity contribution in [1.82, 2.24) is 13.9 Å². The first kappa shape index (κ1) is 35.5. The van der Waals surface area contributed by atoms with Crippen LogP contribution in [0.15, 0.2) is 28.7 Å². The molecule has 5 rings (SSSR count). The van der Waals surface area contributed by atoms with E-state index in [-0.39, 0.29) is 60.9 Å². The quantitative estimate of drug-likeness (QED) is 0.277. The second-order valence-corrected chi connectivity index (χ2v) is 16.1. The summed E-state index contributed by atoms with van der Waals surface area (Å²) < 4.78 is 47.8. The van der Waals surface area contributed by atoms with Gasteiger partial charge in [0.25, 0.3) is 0 Å². The molecule has 3 fully saturated rings. The van der Waals surface area contributed by atoms with Crippen molar-refractivity contribution in [3.8, 4) is 0 Å². The Morgan fingerprint density at radius 1 is 1.00 bits per heavy atom. The number of fused-ring (bicyclic) bond motifs is 1. The maximum absolute atomic E-state index is 14.2. The maximum Gasteiger partial charge on any atom is 0.304 e. The van der Waals surface area contributed by atoms with Crippen molar-refractivity contribution in [3.05, 3.63) is 35.6 Å². The summed E-state index contributed by atoms with van der Waals surface area (Å²) in [7, 11) is -4.05. The van der Waals surface area contributed by atoms with Crippen molar-refractivity contribution in [1.29, 1.82) is 0 Å². The van der Waals surface area contributed by atoms with Crippen LogP contribution in [0, 0.1) is 29.6 Å². The highest BCUT2D eigenvalue weighted by molar-refractivity contribution is 7.87. The fraction of sp³-hybridized carbons (Fsp3) is 0.694. The highest BCUT2D eigenvalue weighted by atomic mass is 32.2. The third kappa shape index (κ3) is 7.93. The second-order valence-electron chi connectivity index (χ2n) is 14.4. The van der Waals surface area contributed by atoms with Crippen molar-refractivity contribution in [3.63, 3.8) is 0 Å². The predicted molar refractivity (Wildman–Crippen MR) is 180 cm³/mol. The molecule has 9 nitrogen and oxygen atoms in total. The van der Waals surface area contributed by atoms with Crippen LogP contribution in [0.3, 0.4) is 0 Å². The van der Waals surface area contributed by atoms with E-state index in [0.717, 1.165) is 63.4 Å².